The minimum atomic E-state index is 0.482. The highest BCUT2D eigenvalue weighted by molar-refractivity contribution is 5.86. The largest absolute Gasteiger partial charge is 0.353 e. The Kier molecular flexibility index (Phi) is 5.16. The maximum Gasteiger partial charge on any atom is 0.243 e. The van der Waals surface area contributed by atoms with Crippen LogP contribution in [-0.2, 0) is 0 Å². The molecule has 1 fully saturated rings. The molecule has 0 radical (unpaired) electrons. The minimum Gasteiger partial charge on any atom is -0.353 e. The molecule has 1 atom stereocenters. The summed E-state index contributed by atoms with van der Waals surface area (Å²) in [6.45, 7) is 2.72. The van der Waals surface area contributed by atoms with Gasteiger partial charge in [-0.25, -0.2) is 15.0 Å². The summed E-state index contributed by atoms with van der Waals surface area (Å²) >= 11 is 0. The fourth-order valence-electron chi connectivity index (χ4n) is 3.97. The fourth-order valence-corrected chi connectivity index (χ4v) is 3.97. The number of piperidine rings is 1. The Morgan fingerprint density at radius 3 is 2.77 bits per heavy atom. The molecule has 0 aliphatic carbocycles. The van der Waals surface area contributed by atoms with Gasteiger partial charge in [0.25, 0.3) is 0 Å². The standard InChI is InChI=1S/C23H23N7/c1-2-7-19-13-20(9-8-18(19)6-1)21-15-27-29-22(28-21)26-14-17-5-3-12-30(16-17)23-24-10-4-11-25-23/h1-2,4,6-11,13,15,17H,3,5,12,14,16H2,(H,26,28,29). The van der Waals surface area contributed by atoms with Gasteiger partial charge in [-0.15, -0.1) is 5.10 Å². The summed E-state index contributed by atoms with van der Waals surface area (Å²) in [5.74, 6) is 1.85. The SMILES string of the molecule is c1cnc(N2CCCC(CNc3nncc(-c4ccc5ccccc5c4)n3)C2)nc1. The van der Waals surface area contributed by atoms with Crippen LogP contribution in [0.4, 0.5) is 11.9 Å². The van der Waals surface area contributed by atoms with Crippen molar-refractivity contribution in [1.82, 2.24) is 25.1 Å². The van der Waals surface area contributed by atoms with E-state index in [-0.39, 0.29) is 0 Å². The number of hydrogen-bond acceptors (Lipinski definition) is 7. The lowest BCUT2D eigenvalue weighted by atomic mass is 9.98. The molecule has 0 amide bonds. The Bertz CT molecular complexity index is 1130. The van der Waals surface area contributed by atoms with Crippen molar-refractivity contribution in [3.63, 3.8) is 0 Å². The van der Waals surface area contributed by atoms with Crippen LogP contribution in [0.3, 0.4) is 0 Å². The fraction of sp³-hybridized carbons (Fsp3) is 0.261. The van der Waals surface area contributed by atoms with E-state index in [4.69, 9.17) is 0 Å². The smallest absolute Gasteiger partial charge is 0.243 e. The highest BCUT2D eigenvalue weighted by Gasteiger charge is 2.21. The van der Waals surface area contributed by atoms with Crippen LogP contribution in [0.25, 0.3) is 22.0 Å². The van der Waals surface area contributed by atoms with Gasteiger partial charge in [-0.1, -0.05) is 36.4 Å². The number of nitrogens with one attached hydrogen (secondary N) is 1. The third-order valence-corrected chi connectivity index (χ3v) is 5.51. The van der Waals surface area contributed by atoms with E-state index in [2.05, 4.69) is 65.7 Å². The van der Waals surface area contributed by atoms with Gasteiger partial charge in [0, 0.05) is 37.6 Å². The molecule has 0 saturated carbocycles. The molecule has 4 aromatic rings. The zero-order chi connectivity index (χ0) is 20.2. The van der Waals surface area contributed by atoms with Crippen molar-refractivity contribution in [3.8, 4) is 11.3 Å². The molecule has 30 heavy (non-hydrogen) atoms. The molecule has 7 nitrogen and oxygen atoms in total. The Morgan fingerprint density at radius 1 is 1.00 bits per heavy atom. The zero-order valence-electron chi connectivity index (χ0n) is 16.6. The molecule has 5 rings (SSSR count). The second-order valence-corrected chi connectivity index (χ2v) is 7.61. The average Bonchev–Trinajstić information content (AvgIpc) is 2.83. The van der Waals surface area contributed by atoms with E-state index in [1.54, 1.807) is 18.6 Å². The Balaban J connectivity index is 1.26. The Morgan fingerprint density at radius 2 is 1.87 bits per heavy atom. The van der Waals surface area contributed by atoms with E-state index in [1.807, 2.05) is 18.2 Å². The summed E-state index contributed by atoms with van der Waals surface area (Å²) in [5, 5.41) is 14.1. The molecular formula is C23H23N7. The number of fused-ring (bicyclic) bond motifs is 1. The topological polar surface area (TPSA) is 79.7 Å². The van der Waals surface area contributed by atoms with Gasteiger partial charge in [-0.05, 0) is 41.7 Å². The van der Waals surface area contributed by atoms with E-state index in [0.717, 1.165) is 49.7 Å². The van der Waals surface area contributed by atoms with E-state index in [1.165, 1.54) is 10.8 Å². The molecule has 2 aromatic heterocycles. The number of aromatic nitrogens is 5. The maximum absolute atomic E-state index is 4.69. The predicted octanol–water partition coefficient (Wildman–Crippen LogP) is 3.81. The first-order valence-corrected chi connectivity index (χ1v) is 10.3. The van der Waals surface area contributed by atoms with Crippen LogP contribution in [0, 0.1) is 5.92 Å². The van der Waals surface area contributed by atoms with Crippen molar-refractivity contribution in [3.05, 3.63) is 67.1 Å². The van der Waals surface area contributed by atoms with E-state index in [0.29, 0.717) is 11.9 Å². The molecule has 2 aromatic carbocycles. The van der Waals surface area contributed by atoms with Gasteiger partial charge in [0.1, 0.15) is 0 Å². The van der Waals surface area contributed by atoms with Crippen LogP contribution in [0.2, 0.25) is 0 Å². The summed E-state index contributed by atoms with van der Waals surface area (Å²) in [7, 11) is 0. The molecule has 1 aliphatic rings. The summed E-state index contributed by atoms with van der Waals surface area (Å²) in [6, 6.07) is 16.5. The number of benzene rings is 2. The summed E-state index contributed by atoms with van der Waals surface area (Å²) in [5.41, 5.74) is 1.86. The third-order valence-electron chi connectivity index (χ3n) is 5.51. The van der Waals surface area contributed by atoms with Crippen molar-refractivity contribution >= 4 is 22.7 Å². The maximum atomic E-state index is 4.69. The highest BCUT2D eigenvalue weighted by atomic mass is 15.3. The average molecular weight is 397 g/mol. The van der Waals surface area contributed by atoms with Gasteiger partial charge in [0.05, 0.1) is 11.9 Å². The van der Waals surface area contributed by atoms with Crippen LogP contribution < -0.4 is 10.2 Å². The molecule has 7 heteroatoms. The monoisotopic (exact) mass is 397 g/mol. The van der Waals surface area contributed by atoms with E-state index >= 15 is 0 Å². The lowest BCUT2D eigenvalue weighted by molar-refractivity contribution is 0.427. The van der Waals surface area contributed by atoms with Gasteiger partial charge in [0.15, 0.2) is 0 Å². The van der Waals surface area contributed by atoms with Crippen molar-refractivity contribution in [2.24, 2.45) is 5.92 Å². The van der Waals surface area contributed by atoms with Crippen molar-refractivity contribution < 1.29 is 0 Å². The first-order chi connectivity index (χ1) is 14.8. The number of rotatable bonds is 5. The molecule has 150 valence electrons. The lowest BCUT2D eigenvalue weighted by Gasteiger charge is -2.32. The molecule has 0 bridgehead atoms. The van der Waals surface area contributed by atoms with Gasteiger partial charge in [-0.2, -0.15) is 5.10 Å². The van der Waals surface area contributed by atoms with E-state index in [9.17, 15) is 0 Å². The molecule has 0 spiro atoms. The van der Waals surface area contributed by atoms with Crippen LogP contribution in [0.15, 0.2) is 67.1 Å². The van der Waals surface area contributed by atoms with E-state index < -0.39 is 0 Å². The number of hydrogen-bond donors (Lipinski definition) is 1. The first kappa shape index (κ1) is 18.4. The summed E-state index contributed by atoms with van der Waals surface area (Å²) in [4.78, 5) is 15.7. The van der Waals surface area contributed by atoms with Gasteiger partial charge in [0.2, 0.25) is 11.9 Å². The predicted molar refractivity (Wildman–Crippen MR) is 118 cm³/mol. The molecule has 1 N–H and O–H groups in total. The zero-order valence-corrected chi connectivity index (χ0v) is 16.6. The Hall–Kier alpha value is -3.61. The second kappa shape index (κ2) is 8.41. The van der Waals surface area contributed by atoms with Gasteiger partial charge >= 0.3 is 0 Å². The Labute approximate surface area is 175 Å². The van der Waals surface area contributed by atoms with Gasteiger partial charge < -0.3 is 10.2 Å². The number of anilines is 2. The molecule has 1 aliphatic heterocycles. The normalized spacial score (nSPS) is 16.5. The number of nitrogens with zero attached hydrogens (tertiary/aromatic N) is 6. The van der Waals surface area contributed by atoms with Crippen molar-refractivity contribution in [2.45, 2.75) is 12.8 Å². The minimum absolute atomic E-state index is 0.482. The molecular weight excluding hydrogens is 374 g/mol. The second-order valence-electron chi connectivity index (χ2n) is 7.61. The van der Waals surface area contributed by atoms with Crippen LogP contribution in [0.1, 0.15) is 12.8 Å². The first-order valence-electron chi connectivity index (χ1n) is 10.3. The van der Waals surface area contributed by atoms with Gasteiger partial charge in [-0.3, -0.25) is 0 Å². The van der Waals surface area contributed by atoms with Crippen LogP contribution in [-0.4, -0.2) is 44.8 Å². The van der Waals surface area contributed by atoms with Crippen LogP contribution in [0.5, 0.6) is 0 Å². The van der Waals surface area contributed by atoms with Crippen LogP contribution >= 0.6 is 0 Å². The molecule has 3 heterocycles. The molecule has 1 saturated heterocycles. The quantitative estimate of drug-likeness (QED) is 0.548. The van der Waals surface area contributed by atoms with Crippen molar-refractivity contribution in [2.75, 3.05) is 29.9 Å². The highest BCUT2D eigenvalue weighted by Crippen LogP contribution is 2.24. The van der Waals surface area contributed by atoms with Crippen molar-refractivity contribution in [1.29, 1.82) is 0 Å². The summed E-state index contributed by atoms with van der Waals surface area (Å²) in [6.07, 6.45) is 7.59. The summed E-state index contributed by atoms with van der Waals surface area (Å²) < 4.78 is 0. The lowest BCUT2D eigenvalue weighted by Crippen LogP contribution is -2.39. The third kappa shape index (κ3) is 4.05. The molecule has 1 unspecified atom stereocenters.